The van der Waals surface area contributed by atoms with Crippen LogP contribution in [0.1, 0.15) is 51.9 Å². The van der Waals surface area contributed by atoms with Crippen molar-refractivity contribution in [1.29, 1.82) is 0 Å². The van der Waals surface area contributed by atoms with Crippen molar-refractivity contribution >= 4 is 11.8 Å². The van der Waals surface area contributed by atoms with Gasteiger partial charge in [-0.2, -0.15) is 11.8 Å². The molecule has 1 saturated carbocycles. The molecule has 2 rings (SSSR count). The van der Waals surface area contributed by atoms with E-state index in [-0.39, 0.29) is 12.1 Å². The molecular weight excluding hydrogens is 258 g/mol. The highest BCUT2D eigenvalue weighted by Gasteiger charge is 2.33. The van der Waals surface area contributed by atoms with Crippen LogP contribution in [0.25, 0.3) is 0 Å². The molecular formula is C15H29NO2S. The summed E-state index contributed by atoms with van der Waals surface area (Å²) in [5.41, 5.74) is -0.0222. The van der Waals surface area contributed by atoms with E-state index in [9.17, 15) is 5.11 Å². The van der Waals surface area contributed by atoms with Gasteiger partial charge in [0.2, 0.25) is 0 Å². The Morgan fingerprint density at radius 1 is 1.37 bits per heavy atom. The highest BCUT2D eigenvalue weighted by atomic mass is 32.2. The minimum Gasteiger partial charge on any atom is -0.394 e. The summed E-state index contributed by atoms with van der Waals surface area (Å²) >= 11 is 2.01. The van der Waals surface area contributed by atoms with Crippen molar-refractivity contribution in [3.8, 4) is 0 Å². The molecule has 0 aromatic heterocycles. The Morgan fingerprint density at radius 3 is 2.79 bits per heavy atom. The lowest BCUT2D eigenvalue weighted by molar-refractivity contribution is 0.129. The quantitative estimate of drug-likeness (QED) is 0.606. The first-order valence-electron chi connectivity index (χ1n) is 7.86. The van der Waals surface area contributed by atoms with Gasteiger partial charge in [0.25, 0.3) is 0 Å². The fraction of sp³-hybridized carbons (Fsp3) is 1.00. The van der Waals surface area contributed by atoms with Gasteiger partial charge in [-0.25, -0.2) is 0 Å². The second kappa shape index (κ2) is 7.87. The molecule has 1 aliphatic carbocycles. The topological polar surface area (TPSA) is 41.5 Å². The molecule has 1 aliphatic heterocycles. The van der Waals surface area contributed by atoms with E-state index in [0.717, 1.165) is 25.2 Å². The largest absolute Gasteiger partial charge is 0.394 e. The molecule has 1 saturated heterocycles. The Hall–Kier alpha value is 0.230. The van der Waals surface area contributed by atoms with Crippen LogP contribution in [0, 0.1) is 0 Å². The summed E-state index contributed by atoms with van der Waals surface area (Å²) < 4.78 is 5.63. The third-order valence-corrected chi connectivity index (χ3v) is 5.52. The highest BCUT2D eigenvalue weighted by molar-refractivity contribution is 7.99. The summed E-state index contributed by atoms with van der Waals surface area (Å²) in [6.07, 6.45) is 8.86. The van der Waals surface area contributed by atoms with Gasteiger partial charge in [-0.05, 0) is 50.7 Å². The first-order chi connectivity index (χ1) is 9.28. The van der Waals surface area contributed by atoms with Crippen molar-refractivity contribution in [2.24, 2.45) is 0 Å². The molecule has 2 fully saturated rings. The molecule has 1 heterocycles. The third-order valence-electron chi connectivity index (χ3n) is 4.34. The number of nitrogens with one attached hydrogen (secondary N) is 1. The Labute approximate surface area is 121 Å². The van der Waals surface area contributed by atoms with Gasteiger partial charge in [0, 0.05) is 23.9 Å². The van der Waals surface area contributed by atoms with Gasteiger partial charge in [0.15, 0.2) is 0 Å². The van der Waals surface area contributed by atoms with Crippen molar-refractivity contribution in [3.63, 3.8) is 0 Å². The van der Waals surface area contributed by atoms with Gasteiger partial charge < -0.3 is 15.2 Å². The minimum atomic E-state index is -0.0222. The normalized spacial score (nSPS) is 26.5. The van der Waals surface area contributed by atoms with E-state index in [1.165, 1.54) is 37.9 Å². The minimum absolute atomic E-state index is 0.0222. The Balaban J connectivity index is 1.58. The van der Waals surface area contributed by atoms with E-state index in [1.54, 1.807) is 0 Å². The molecule has 0 amide bonds. The first kappa shape index (κ1) is 15.6. The molecule has 2 N–H and O–H groups in total. The van der Waals surface area contributed by atoms with Crippen LogP contribution in [0.2, 0.25) is 0 Å². The van der Waals surface area contributed by atoms with Crippen molar-refractivity contribution in [1.82, 2.24) is 5.32 Å². The summed E-state index contributed by atoms with van der Waals surface area (Å²) in [5.74, 6) is 2.34. The van der Waals surface area contributed by atoms with Gasteiger partial charge in [-0.3, -0.25) is 0 Å². The number of aliphatic hydroxyl groups is 1. The molecule has 2 unspecified atom stereocenters. The molecule has 0 aromatic carbocycles. The second-order valence-electron chi connectivity index (χ2n) is 6.02. The maximum atomic E-state index is 9.69. The number of hydrogen-bond acceptors (Lipinski definition) is 4. The summed E-state index contributed by atoms with van der Waals surface area (Å²) in [5, 5.41) is 13.3. The van der Waals surface area contributed by atoms with E-state index in [2.05, 4.69) is 12.2 Å². The molecule has 19 heavy (non-hydrogen) atoms. The van der Waals surface area contributed by atoms with Crippen LogP contribution in [0.3, 0.4) is 0 Å². The molecule has 2 aliphatic rings. The number of hydrogen-bond donors (Lipinski definition) is 2. The monoisotopic (exact) mass is 287 g/mol. The number of thioether (sulfide) groups is 1. The maximum absolute atomic E-state index is 9.69. The number of aliphatic hydroxyl groups excluding tert-OH is 1. The summed E-state index contributed by atoms with van der Waals surface area (Å²) in [7, 11) is 0. The third kappa shape index (κ3) is 5.25. The summed E-state index contributed by atoms with van der Waals surface area (Å²) in [6, 6.07) is 0.673. The van der Waals surface area contributed by atoms with Crippen LogP contribution >= 0.6 is 11.8 Å². The van der Waals surface area contributed by atoms with Gasteiger partial charge in [0.05, 0.1) is 12.7 Å². The van der Waals surface area contributed by atoms with Crippen LogP contribution in [0.5, 0.6) is 0 Å². The number of rotatable bonds is 10. The zero-order valence-electron chi connectivity index (χ0n) is 12.2. The van der Waals surface area contributed by atoms with E-state index < -0.39 is 0 Å². The fourth-order valence-corrected chi connectivity index (χ4v) is 3.79. The average Bonchev–Trinajstić information content (AvgIpc) is 3.09. The van der Waals surface area contributed by atoms with Crippen molar-refractivity contribution in [2.75, 3.05) is 24.7 Å². The lowest BCUT2D eigenvalue weighted by Gasteiger charge is -2.32. The average molecular weight is 287 g/mol. The van der Waals surface area contributed by atoms with Gasteiger partial charge in [0.1, 0.15) is 0 Å². The summed E-state index contributed by atoms with van der Waals surface area (Å²) in [4.78, 5) is 0. The first-order valence-corrected chi connectivity index (χ1v) is 9.01. The predicted molar refractivity (Wildman–Crippen MR) is 81.8 cm³/mol. The smallest absolute Gasteiger partial charge is 0.0666 e. The van der Waals surface area contributed by atoms with Crippen molar-refractivity contribution < 1.29 is 9.84 Å². The van der Waals surface area contributed by atoms with Crippen LogP contribution < -0.4 is 5.32 Å². The van der Waals surface area contributed by atoms with E-state index in [1.807, 2.05) is 11.8 Å². The lowest BCUT2D eigenvalue weighted by Crippen LogP contribution is -2.49. The SMILES string of the molecule is CCC(CO)(CCCSCC1CCCO1)NC1CC1. The summed E-state index contributed by atoms with van der Waals surface area (Å²) in [6.45, 7) is 3.42. The Morgan fingerprint density at radius 2 is 2.21 bits per heavy atom. The van der Waals surface area contributed by atoms with Crippen LogP contribution in [0.4, 0.5) is 0 Å². The Bertz CT molecular complexity index is 249. The van der Waals surface area contributed by atoms with Crippen LogP contribution in [-0.2, 0) is 4.74 Å². The predicted octanol–water partition coefficient (Wildman–Crippen LogP) is 2.57. The van der Waals surface area contributed by atoms with Crippen LogP contribution in [0.15, 0.2) is 0 Å². The number of ether oxygens (including phenoxy) is 1. The zero-order chi connectivity index (χ0) is 13.6. The zero-order valence-corrected chi connectivity index (χ0v) is 13.0. The molecule has 2 atom stereocenters. The second-order valence-corrected chi connectivity index (χ2v) is 7.17. The molecule has 3 nitrogen and oxygen atoms in total. The van der Waals surface area contributed by atoms with Crippen LogP contribution in [-0.4, -0.2) is 47.5 Å². The van der Waals surface area contributed by atoms with Crippen molar-refractivity contribution in [2.45, 2.75) is 69.6 Å². The molecule has 4 heteroatoms. The van der Waals surface area contributed by atoms with E-state index in [0.29, 0.717) is 12.1 Å². The highest BCUT2D eigenvalue weighted by Crippen LogP contribution is 2.27. The molecule has 0 bridgehead atoms. The van der Waals surface area contributed by atoms with Gasteiger partial charge in [-0.1, -0.05) is 6.92 Å². The van der Waals surface area contributed by atoms with E-state index in [4.69, 9.17) is 4.74 Å². The standard InChI is InChI=1S/C15H29NO2S/c1-2-15(12-17,16-13-6-7-13)8-4-10-19-11-14-5-3-9-18-14/h13-14,16-17H,2-12H2,1H3. The van der Waals surface area contributed by atoms with Crippen molar-refractivity contribution in [3.05, 3.63) is 0 Å². The molecule has 0 aromatic rings. The molecule has 0 spiro atoms. The van der Waals surface area contributed by atoms with Gasteiger partial charge >= 0.3 is 0 Å². The fourth-order valence-electron chi connectivity index (χ4n) is 2.75. The van der Waals surface area contributed by atoms with E-state index >= 15 is 0 Å². The lowest BCUT2D eigenvalue weighted by atomic mass is 9.91. The maximum Gasteiger partial charge on any atom is 0.0666 e. The molecule has 0 radical (unpaired) electrons. The Kier molecular flexibility index (Phi) is 6.46. The van der Waals surface area contributed by atoms with Gasteiger partial charge in [-0.15, -0.1) is 0 Å². The molecule has 112 valence electrons.